The second-order valence-electron chi connectivity index (χ2n) is 4.41. The van der Waals surface area contributed by atoms with Crippen LogP contribution in [0.2, 0.25) is 5.02 Å². The predicted octanol–water partition coefficient (Wildman–Crippen LogP) is 5.06. The van der Waals surface area contributed by atoms with Gasteiger partial charge in [-0.3, -0.25) is 4.98 Å². The van der Waals surface area contributed by atoms with E-state index in [2.05, 4.69) is 22.1 Å². The van der Waals surface area contributed by atoms with Gasteiger partial charge in [0.05, 0.1) is 5.52 Å². The molecule has 4 aromatic rings. The molecule has 1 N–H and O–H groups in total. The van der Waals surface area contributed by atoms with Gasteiger partial charge in [0.2, 0.25) is 0 Å². The maximum Gasteiger partial charge on any atom is 0.0701 e. The van der Waals surface area contributed by atoms with Crippen LogP contribution in [0.5, 0.6) is 0 Å². The molecule has 3 heteroatoms. The predicted molar refractivity (Wildman–Crippen MR) is 85.1 cm³/mol. The van der Waals surface area contributed by atoms with Gasteiger partial charge < -0.3 is 4.98 Å². The third-order valence-electron chi connectivity index (χ3n) is 3.03. The van der Waals surface area contributed by atoms with E-state index in [1.807, 2.05) is 60.9 Å². The topological polar surface area (TPSA) is 28.7 Å². The molecule has 0 fully saturated rings. The van der Waals surface area contributed by atoms with Crippen LogP contribution in [0.1, 0.15) is 0 Å². The van der Waals surface area contributed by atoms with E-state index in [1.54, 1.807) is 0 Å². The average molecular weight is 281 g/mol. The summed E-state index contributed by atoms with van der Waals surface area (Å²) in [5, 5.41) is 3.14. The summed E-state index contributed by atoms with van der Waals surface area (Å²) in [6, 6.07) is 19.9. The minimum atomic E-state index is 0.784. The Bertz CT molecular complexity index is 771. The minimum absolute atomic E-state index is 0.784. The molecule has 2 nitrogen and oxygen atoms in total. The number of rotatable bonds is 0. The minimum Gasteiger partial charge on any atom is -0.361 e. The van der Waals surface area contributed by atoms with Gasteiger partial charge >= 0.3 is 0 Å². The summed E-state index contributed by atoms with van der Waals surface area (Å²) < 4.78 is 0. The fourth-order valence-corrected chi connectivity index (χ4v) is 2.22. The van der Waals surface area contributed by atoms with E-state index in [0.29, 0.717) is 0 Å². The van der Waals surface area contributed by atoms with Crippen LogP contribution in [0.15, 0.2) is 73.1 Å². The van der Waals surface area contributed by atoms with Crippen LogP contribution < -0.4 is 0 Å². The molecule has 4 rings (SSSR count). The zero-order valence-corrected chi connectivity index (χ0v) is 11.5. The smallest absolute Gasteiger partial charge is 0.0701 e. The van der Waals surface area contributed by atoms with Gasteiger partial charge in [-0.05, 0) is 36.4 Å². The fraction of sp³-hybridized carbons (Fsp3) is 0. The van der Waals surface area contributed by atoms with Gasteiger partial charge in [0.15, 0.2) is 0 Å². The van der Waals surface area contributed by atoms with Gasteiger partial charge in [-0.25, -0.2) is 0 Å². The molecule has 0 aliphatic heterocycles. The van der Waals surface area contributed by atoms with Crippen LogP contribution >= 0.6 is 11.6 Å². The molecule has 0 amide bonds. The van der Waals surface area contributed by atoms with Crippen molar-refractivity contribution >= 4 is 33.4 Å². The number of fused-ring (bicyclic) bond motifs is 2. The summed E-state index contributed by atoms with van der Waals surface area (Å²) in [4.78, 5) is 7.27. The van der Waals surface area contributed by atoms with Crippen molar-refractivity contribution in [2.75, 3.05) is 0 Å². The van der Waals surface area contributed by atoms with Crippen molar-refractivity contribution in [1.82, 2.24) is 9.97 Å². The average Bonchev–Trinajstić information content (AvgIpc) is 2.95. The number of halogens is 1. The molecule has 0 aliphatic rings. The highest BCUT2D eigenvalue weighted by molar-refractivity contribution is 6.31. The molecule has 0 unspecified atom stereocenters. The Morgan fingerprint density at radius 3 is 2.60 bits per heavy atom. The van der Waals surface area contributed by atoms with Gasteiger partial charge in [-0.1, -0.05) is 35.9 Å². The number of aromatic amines is 1. The molecule has 0 atom stereocenters. The quantitative estimate of drug-likeness (QED) is 0.479. The summed E-state index contributed by atoms with van der Waals surface area (Å²) >= 11 is 5.76. The van der Waals surface area contributed by atoms with E-state index < -0.39 is 0 Å². The Morgan fingerprint density at radius 1 is 0.850 bits per heavy atom. The van der Waals surface area contributed by atoms with Gasteiger partial charge in [-0.15, -0.1) is 0 Å². The third-order valence-corrected chi connectivity index (χ3v) is 3.26. The van der Waals surface area contributed by atoms with Crippen molar-refractivity contribution in [1.29, 1.82) is 0 Å². The van der Waals surface area contributed by atoms with Gasteiger partial charge in [0, 0.05) is 33.7 Å². The van der Waals surface area contributed by atoms with E-state index in [-0.39, 0.29) is 0 Å². The lowest BCUT2D eigenvalue weighted by Gasteiger charge is -1.91. The van der Waals surface area contributed by atoms with E-state index in [9.17, 15) is 0 Å². The first-order valence-electron chi connectivity index (χ1n) is 6.35. The molecule has 0 saturated heterocycles. The lowest BCUT2D eigenvalue weighted by Crippen LogP contribution is -1.73. The zero-order chi connectivity index (χ0) is 13.8. The number of pyridine rings is 1. The monoisotopic (exact) mass is 280 g/mol. The van der Waals surface area contributed by atoms with Crippen LogP contribution in [0.4, 0.5) is 0 Å². The SMILES string of the molecule is Clc1ccc2[nH]ccc2c1.c1ccc2ncccc2c1. The summed E-state index contributed by atoms with van der Waals surface area (Å²) in [5.41, 5.74) is 2.19. The number of nitrogens with one attached hydrogen (secondary N) is 1. The number of hydrogen-bond acceptors (Lipinski definition) is 1. The molecule has 0 radical (unpaired) electrons. The van der Waals surface area contributed by atoms with E-state index in [0.717, 1.165) is 21.4 Å². The summed E-state index contributed by atoms with van der Waals surface area (Å²) in [6.45, 7) is 0. The lowest BCUT2D eigenvalue weighted by molar-refractivity contribution is 1.41. The fourth-order valence-electron chi connectivity index (χ4n) is 2.04. The molecule has 20 heavy (non-hydrogen) atoms. The maximum absolute atomic E-state index is 5.76. The van der Waals surface area contributed by atoms with E-state index in [4.69, 9.17) is 11.6 Å². The highest BCUT2D eigenvalue weighted by atomic mass is 35.5. The van der Waals surface area contributed by atoms with Crippen molar-refractivity contribution in [2.45, 2.75) is 0 Å². The number of aromatic nitrogens is 2. The van der Waals surface area contributed by atoms with Crippen molar-refractivity contribution < 1.29 is 0 Å². The Labute approximate surface area is 122 Å². The normalized spacial score (nSPS) is 10.2. The summed E-state index contributed by atoms with van der Waals surface area (Å²) in [5.74, 6) is 0. The Hall–Kier alpha value is -2.32. The van der Waals surface area contributed by atoms with E-state index >= 15 is 0 Å². The van der Waals surface area contributed by atoms with Gasteiger partial charge in [0.1, 0.15) is 0 Å². The first-order chi connectivity index (χ1) is 9.83. The Kier molecular flexibility index (Phi) is 3.66. The first kappa shape index (κ1) is 12.7. The maximum atomic E-state index is 5.76. The zero-order valence-electron chi connectivity index (χ0n) is 10.8. The molecule has 2 aromatic heterocycles. The van der Waals surface area contributed by atoms with Crippen LogP contribution in [-0.4, -0.2) is 9.97 Å². The highest BCUT2D eigenvalue weighted by Crippen LogP contribution is 2.17. The first-order valence-corrected chi connectivity index (χ1v) is 6.73. The highest BCUT2D eigenvalue weighted by Gasteiger charge is 1.92. The number of para-hydroxylation sites is 1. The van der Waals surface area contributed by atoms with Crippen LogP contribution in [-0.2, 0) is 0 Å². The van der Waals surface area contributed by atoms with Gasteiger partial charge in [-0.2, -0.15) is 0 Å². The molecular weight excluding hydrogens is 268 g/mol. The lowest BCUT2D eigenvalue weighted by atomic mass is 10.2. The summed E-state index contributed by atoms with van der Waals surface area (Å²) in [6.07, 6.45) is 3.71. The second-order valence-corrected chi connectivity index (χ2v) is 4.84. The van der Waals surface area contributed by atoms with E-state index in [1.165, 1.54) is 5.39 Å². The molecule has 2 aromatic carbocycles. The standard InChI is InChI=1S/C9H7N.C8H6ClN/c1-2-6-9-8(4-1)5-3-7-10-9;9-7-1-2-8-6(5-7)3-4-10-8/h1-7H;1-5,10H. The molecule has 0 aliphatic carbocycles. The van der Waals surface area contributed by atoms with Crippen molar-refractivity contribution in [3.8, 4) is 0 Å². The molecule has 98 valence electrons. The van der Waals surface area contributed by atoms with Crippen molar-refractivity contribution in [3.63, 3.8) is 0 Å². The number of hydrogen-bond donors (Lipinski definition) is 1. The number of H-pyrrole nitrogens is 1. The summed E-state index contributed by atoms with van der Waals surface area (Å²) in [7, 11) is 0. The van der Waals surface area contributed by atoms with Crippen LogP contribution in [0.3, 0.4) is 0 Å². The number of benzene rings is 2. The van der Waals surface area contributed by atoms with Crippen molar-refractivity contribution in [2.24, 2.45) is 0 Å². The van der Waals surface area contributed by atoms with Gasteiger partial charge in [0.25, 0.3) is 0 Å². The molecule has 0 spiro atoms. The molecule has 0 bridgehead atoms. The van der Waals surface area contributed by atoms with Crippen LogP contribution in [0, 0.1) is 0 Å². The molecule has 2 heterocycles. The molecular formula is C17H13ClN2. The molecule has 0 saturated carbocycles. The largest absolute Gasteiger partial charge is 0.361 e. The Balaban J connectivity index is 0.000000121. The Morgan fingerprint density at radius 2 is 1.70 bits per heavy atom. The second kappa shape index (κ2) is 5.76. The van der Waals surface area contributed by atoms with Crippen molar-refractivity contribution in [3.05, 3.63) is 78.1 Å². The third kappa shape index (κ3) is 2.81. The van der Waals surface area contributed by atoms with Crippen LogP contribution in [0.25, 0.3) is 21.8 Å². The number of nitrogens with zero attached hydrogens (tertiary/aromatic N) is 1.